The molecule has 0 spiro atoms. The Morgan fingerprint density at radius 2 is 2.16 bits per heavy atom. The fourth-order valence-electron chi connectivity index (χ4n) is 2.91. The van der Waals surface area contributed by atoms with Crippen molar-refractivity contribution in [2.75, 3.05) is 6.54 Å². The molecule has 1 aliphatic rings. The topological polar surface area (TPSA) is 55.4 Å². The molecule has 6 heteroatoms. The third kappa shape index (κ3) is 3.90. The maximum absolute atomic E-state index is 14.0. The molecule has 1 aliphatic heterocycles. The number of ether oxygens (including phenoxy) is 1. The third-order valence-corrected chi connectivity index (χ3v) is 5.30. The Kier molecular flexibility index (Phi) is 5.18. The Hall–Kier alpha value is -2.21. The normalized spacial score (nSPS) is 15.6. The number of hydrogen-bond acceptors (Lipinski definition) is 4. The highest BCUT2D eigenvalue weighted by Crippen LogP contribution is 2.42. The molecule has 2 aromatic rings. The van der Waals surface area contributed by atoms with Crippen LogP contribution in [0, 0.1) is 5.82 Å². The van der Waals surface area contributed by atoms with Crippen molar-refractivity contribution in [2.24, 2.45) is 0 Å². The number of ketones is 1. The number of hydrogen-bond donors (Lipinski definition) is 1. The van der Waals surface area contributed by atoms with Gasteiger partial charge in [-0.25, -0.2) is 4.39 Å². The van der Waals surface area contributed by atoms with Crippen molar-refractivity contribution in [3.63, 3.8) is 0 Å². The van der Waals surface area contributed by atoms with Gasteiger partial charge in [0.15, 0.2) is 5.78 Å². The molecule has 1 aromatic heterocycles. The van der Waals surface area contributed by atoms with E-state index in [1.54, 1.807) is 6.07 Å². The van der Waals surface area contributed by atoms with E-state index in [0.29, 0.717) is 35.6 Å². The van der Waals surface area contributed by atoms with Crippen molar-refractivity contribution in [3.8, 4) is 16.2 Å². The van der Waals surface area contributed by atoms with Crippen LogP contribution in [0.3, 0.4) is 0 Å². The van der Waals surface area contributed by atoms with E-state index in [2.05, 4.69) is 5.32 Å². The summed E-state index contributed by atoms with van der Waals surface area (Å²) < 4.78 is 20.0. The number of halogens is 1. The molecule has 0 saturated carbocycles. The molecule has 0 fully saturated rings. The van der Waals surface area contributed by atoms with E-state index in [4.69, 9.17) is 4.74 Å². The van der Waals surface area contributed by atoms with Gasteiger partial charge in [0, 0.05) is 28.8 Å². The van der Waals surface area contributed by atoms with Crippen molar-refractivity contribution in [3.05, 3.63) is 40.5 Å². The number of Topliss-reactive ketones (excluding diaryl/α,β-unsaturated/α-hetero) is 1. The van der Waals surface area contributed by atoms with E-state index in [0.717, 1.165) is 16.9 Å². The van der Waals surface area contributed by atoms with Crippen molar-refractivity contribution >= 4 is 23.0 Å². The van der Waals surface area contributed by atoms with Gasteiger partial charge in [0.1, 0.15) is 17.7 Å². The van der Waals surface area contributed by atoms with Crippen LogP contribution in [0.2, 0.25) is 0 Å². The van der Waals surface area contributed by atoms with Gasteiger partial charge in [-0.15, -0.1) is 11.3 Å². The van der Waals surface area contributed by atoms with Crippen LogP contribution in [0.5, 0.6) is 5.75 Å². The molecule has 4 nitrogen and oxygen atoms in total. The van der Waals surface area contributed by atoms with Crippen molar-refractivity contribution in [2.45, 2.75) is 39.2 Å². The number of rotatable bonds is 6. The van der Waals surface area contributed by atoms with Crippen LogP contribution < -0.4 is 10.1 Å². The lowest BCUT2D eigenvalue weighted by Gasteiger charge is -2.13. The summed E-state index contributed by atoms with van der Waals surface area (Å²) in [5.74, 6) is 0.304. The smallest absolute Gasteiger partial charge is 0.220 e. The average molecular weight is 361 g/mol. The van der Waals surface area contributed by atoms with E-state index in [1.165, 1.54) is 30.4 Å². The number of fused-ring (bicyclic) bond motifs is 1. The molecule has 0 aliphatic carbocycles. The number of nitrogens with one attached hydrogen (secondary N) is 1. The molecule has 3 rings (SSSR count). The lowest BCUT2D eigenvalue weighted by atomic mass is 10.0. The van der Waals surface area contributed by atoms with E-state index < -0.39 is 0 Å². The highest BCUT2D eigenvalue weighted by molar-refractivity contribution is 7.17. The fraction of sp³-hybridized carbons (Fsp3) is 0.368. The van der Waals surface area contributed by atoms with Crippen molar-refractivity contribution < 1.29 is 18.7 Å². The van der Waals surface area contributed by atoms with Crippen LogP contribution in [0.15, 0.2) is 24.3 Å². The molecule has 25 heavy (non-hydrogen) atoms. The van der Waals surface area contributed by atoms with E-state index in [-0.39, 0.29) is 23.6 Å². The van der Waals surface area contributed by atoms with E-state index in [9.17, 15) is 14.0 Å². The first-order valence-electron chi connectivity index (χ1n) is 8.34. The van der Waals surface area contributed by atoms with Gasteiger partial charge in [0.25, 0.3) is 0 Å². The highest BCUT2D eigenvalue weighted by Gasteiger charge is 2.27. The monoisotopic (exact) mass is 361 g/mol. The number of benzene rings is 1. The average Bonchev–Trinajstić information content (AvgIpc) is 3.19. The standard InChI is InChI=1S/C19H20FNO3S/c1-3-4-18(23)21-10-14-8-12-7-13(20)9-15(19(12)24-14)17-6-5-16(25-17)11(2)22/h5-7,9,14H,3-4,8,10H2,1-2H3,(H,21,23). The first-order chi connectivity index (χ1) is 12.0. The summed E-state index contributed by atoms with van der Waals surface area (Å²) in [5.41, 5.74) is 1.46. The Balaban J connectivity index is 1.81. The second-order valence-corrected chi connectivity index (χ2v) is 7.24. The molecule has 1 atom stereocenters. The molecule has 132 valence electrons. The molecule has 1 unspecified atom stereocenters. The zero-order chi connectivity index (χ0) is 18.0. The summed E-state index contributed by atoms with van der Waals surface area (Å²) in [5, 5.41) is 2.85. The SMILES string of the molecule is CCCC(=O)NCC1Cc2cc(F)cc(-c3ccc(C(C)=O)s3)c2O1. The van der Waals surface area contributed by atoms with Gasteiger partial charge in [-0.3, -0.25) is 9.59 Å². The summed E-state index contributed by atoms with van der Waals surface area (Å²) >= 11 is 1.33. The van der Waals surface area contributed by atoms with Crippen molar-refractivity contribution in [1.82, 2.24) is 5.32 Å². The zero-order valence-electron chi connectivity index (χ0n) is 14.2. The molecule has 1 aromatic carbocycles. The summed E-state index contributed by atoms with van der Waals surface area (Å²) in [4.78, 5) is 24.6. The van der Waals surface area contributed by atoms with Gasteiger partial charge >= 0.3 is 0 Å². The molecular formula is C19H20FNO3S. The van der Waals surface area contributed by atoms with E-state index in [1.807, 2.05) is 13.0 Å². The summed E-state index contributed by atoms with van der Waals surface area (Å²) in [6.07, 6.45) is 1.63. The van der Waals surface area contributed by atoms with Gasteiger partial charge in [-0.1, -0.05) is 6.92 Å². The second kappa shape index (κ2) is 7.35. The van der Waals surface area contributed by atoms with E-state index >= 15 is 0 Å². The summed E-state index contributed by atoms with van der Waals surface area (Å²) in [7, 11) is 0. The lowest BCUT2D eigenvalue weighted by Crippen LogP contribution is -2.34. The maximum atomic E-state index is 14.0. The highest BCUT2D eigenvalue weighted by atomic mass is 32.1. The Labute approximate surface area is 150 Å². The number of carbonyl (C=O) groups excluding carboxylic acids is 2. The second-order valence-electron chi connectivity index (χ2n) is 6.16. The van der Waals surface area contributed by atoms with Crippen LogP contribution in [0.4, 0.5) is 4.39 Å². The number of carbonyl (C=O) groups is 2. The minimum absolute atomic E-state index is 0.00202. The lowest BCUT2D eigenvalue weighted by molar-refractivity contribution is -0.121. The summed E-state index contributed by atoms with van der Waals surface area (Å²) in [6.45, 7) is 3.86. The Morgan fingerprint density at radius 1 is 1.36 bits per heavy atom. The van der Waals surface area contributed by atoms with Gasteiger partial charge in [0.2, 0.25) is 5.91 Å². The maximum Gasteiger partial charge on any atom is 0.220 e. The first kappa shape index (κ1) is 17.6. The quantitative estimate of drug-likeness (QED) is 0.792. The van der Waals surface area contributed by atoms with Gasteiger partial charge in [-0.2, -0.15) is 0 Å². The Morgan fingerprint density at radius 3 is 2.84 bits per heavy atom. The molecule has 0 radical (unpaired) electrons. The van der Waals surface area contributed by atoms with Gasteiger partial charge < -0.3 is 10.1 Å². The third-order valence-electron chi connectivity index (χ3n) is 4.09. The first-order valence-corrected chi connectivity index (χ1v) is 9.16. The van der Waals surface area contributed by atoms with Crippen LogP contribution in [-0.4, -0.2) is 24.3 Å². The Bertz CT molecular complexity index is 815. The van der Waals surface area contributed by atoms with Crippen LogP contribution in [-0.2, 0) is 11.2 Å². The molecule has 2 heterocycles. The molecule has 0 bridgehead atoms. The van der Waals surface area contributed by atoms with Crippen LogP contribution in [0.25, 0.3) is 10.4 Å². The fourth-order valence-corrected chi connectivity index (χ4v) is 3.82. The molecule has 0 saturated heterocycles. The van der Waals surface area contributed by atoms with Gasteiger partial charge in [0.05, 0.1) is 11.4 Å². The zero-order valence-corrected chi connectivity index (χ0v) is 15.0. The predicted octanol–water partition coefficient (Wildman–Crippen LogP) is 3.98. The van der Waals surface area contributed by atoms with Crippen molar-refractivity contribution in [1.29, 1.82) is 0 Å². The van der Waals surface area contributed by atoms with Crippen LogP contribution in [0.1, 0.15) is 41.9 Å². The minimum Gasteiger partial charge on any atom is -0.487 e. The van der Waals surface area contributed by atoms with Crippen LogP contribution >= 0.6 is 11.3 Å². The largest absolute Gasteiger partial charge is 0.487 e. The molecular weight excluding hydrogens is 341 g/mol. The summed E-state index contributed by atoms with van der Waals surface area (Å²) in [6, 6.07) is 6.48. The van der Waals surface area contributed by atoms with Gasteiger partial charge in [-0.05, 0) is 37.6 Å². The minimum atomic E-state index is -0.328. The predicted molar refractivity (Wildman–Crippen MR) is 95.8 cm³/mol. The molecule has 1 N–H and O–H groups in total. The number of amides is 1. The molecule has 1 amide bonds. The number of thiophene rings is 1.